The maximum Gasteiger partial charge on any atom is 0.340 e. The molecule has 1 aromatic carbocycles. The molecular formula is C28H42N2O5. The minimum atomic E-state index is -0.529. The van der Waals surface area contributed by atoms with Gasteiger partial charge < -0.3 is 19.7 Å². The first-order valence-electron chi connectivity index (χ1n) is 12.4. The maximum atomic E-state index is 12.8. The van der Waals surface area contributed by atoms with Crippen molar-refractivity contribution in [3.8, 4) is 0 Å². The van der Waals surface area contributed by atoms with E-state index in [0.717, 1.165) is 32.1 Å². The van der Waals surface area contributed by atoms with Crippen LogP contribution in [-0.4, -0.2) is 44.7 Å². The number of anilines is 2. The molecule has 0 bridgehead atoms. The topological polar surface area (TPSA) is 84.9 Å². The average molecular weight is 487 g/mol. The molecule has 0 fully saturated rings. The van der Waals surface area contributed by atoms with Crippen LogP contribution in [0.3, 0.4) is 0 Å². The summed E-state index contributed by atoms with van der Waals surface area (Å²) in [5, 5.41) is 2.85. The van der Waals surface area contributed by atoms with Crippen LogP contribution in [0, 0.1) is 0 Å². The minimum Gasteiger partial charge on any atom is -0.462 e. The van der Waals surface area contributed by atoms with E-state index in [1.54, 1.807) is 32.2 Å². The van der Waals surface area contributed by atoms with Crippen molar-refractivity contribution in [2.45, 2.75) is 73.1 Å². The number of benzene rings is 1. The lowest BCUT2D eigenvalue weighted by atomic mass is 10.1. The molecule has 7 heteroatoms. The van der Waals surface area contributed by atoms with Crippen LogP contribution in [0.15, 0.2) is 41.5 Å². The van der Waals surface area contributed by atoms with Gasteiger partial charge in [0.1, 0.15) is 6.61 Å². The molecule has 0 aliphatic carbocycles. The molecule has 0 unspecified atom stereocenters. The Morgan fingerprint density at radius 1 is 1.03 bits per heavy atom. The molecular weight excluding hydrogens is 444 g/mol. The van der Waals surface area contributed by atoms with Crippen molar-refractivity contribution >= 4 is 29.2 Å². The number of rotatable bonds is 15. The summed E-state index contributed by atoms with van der Waals surface area (Å²) in [5.74, 6) is -0.936. The molecule has 0 radical (unpaired) electrons. The highest BCUT2D eigenvalue weighted by Gasteiger charge is 2.21. The van der Waals surface area contributed by atoms with Crippen molar-refractivity contribution in [3.63, 3.8) is 0 Å². The summed E-state index contributed by atoms with van der Waals surface area (Å²) in [6.07, 6.45) is 9.36. The first-order valence-corrected chi connectivity index (χ1v) is 12.4. The second kappa shape index (κ2) is 16.7. The normalized spacial score (nSPS) is 11.1. The van der Waals surface area contributed by atoms with Gasteiger partial charge in [-0.1, -0.05) is 43.1 Å². The highest BCUT2D eigenvalue weighted by Crippen LogP contribution is 2.26. The van der Waals surface area contributed by atoms with Gasteiger partial charge in [0.15, 0.2) is 0 Å². The maximum absolute atomic E-state index is 12.8. The van der Waals surface area contributed by atoms with E-state index in [0.29, 0.717) is 24.4 Å². The zero-order chi connectivity index (χ0) is 26.2. The number of unbranched alkanes of at least 4 members (excludes halogenated alkanes) is 2. The van der Waals surface area contributed by atoms with Gasteiger partial charge in [0.25, 0.3) is 5.91 Å². The third-order valence-electron chi connectivity index (χ3n) is 5.39. The summed E-state index contributed by atoms with van der Waals surface area (Å²) >= 11 is 0. The SMILES string of the molecule is CCCCCC(=O)Nc1ccc(C(=O)OCC)c(N(C)C(=O)COCC=C(C)CCC=C(C)C)c1. The van der Waals surface area contributed by atoms with Crippen molar-refractivity contribution in [1.82, 2.24) is 0 Å². The van der Waals surface area contributed by atoms with Crippen molar-refractivity contribution in [3.05, 3.63) is 47.1 Å². The quantitative estimate of drug-likeness (QED) is 0.185. The summed E-state index contributed by atoms with van der Waals surface area (Å²) in [7, 11) is 1.58. The molecule has 1 N–H and O–H groups in total. The second-order valence-electron chi connectivity index (χ2n) is 8.80. The summed E-state index contributed by atoms with van der Waals surface area (Å²) in [5.41, 5.74) is 3.63. The number of hydrogen-bond donors (Lipinski definition) is 1. The van der Waals surface area contributed by atoms with Crippen LogP contribution in [0.4, 0.5) is 11.4 Å². The van der Waals surface area contributed by atoms with Crippen LogP contribution in [0.25, 0.3) is 0 Å². The van der Waals surface area contributed by atoms with E-state index in [9.17, 15) is 14.4 Å². The number of carbonyl (C=O) groups is 3. The number of carbonyl (C=O) groups excluding carboxylic acids is 3. The van der Waals surface area contributed by atoms with Crippen LogP contribution in [0.2, 0.25) is 0 Å². The lowest BCUT2D eigenvalue weighted by Crippen LogP contribution is -2.31. The third kappa shape index (κ3) is 11.9. The number of nitrogens with one attached hydrogen (secondary N) is 1. The Bertz CT molecular complexity index is 901. The summed E-state index contributed by atoms with van der Waals surface area (Å²) in [4.78, 5) is 38.9. The van der Waals surface area contributed by atoms with Gasteiger partial charge in [-0.2, -0.15) is 0 Å². The van der Waals surface area contributed by atoms with E-state index in [1.165, 1.54) is 16.0 Å². The van der Waals surface area contributed by atoms with Gasteiger partial charge >= 0.3 is 5.97 Å². The Morgan fingerprint density at radius 3 is 2.43 bits per heavy atom. The lowest BCUT2D eigenvalue weighted by Gasteiger charge is -2.21. The van der Waals surface area contributed by atoms with E-state index in [-0.39, 0.29) is 30.6 Å². The fourth-order valence-corrected chi connectivity index (χ4v) is 3.30. The van der Waals surface area contributed by atoms with E-state index >= 15 is 0 Å². The molecule has 7 nitrogen and oxygen atoms in total. The fourth-order valence-electron chi connectivity index (χ4n) is 3.30. The van der Waals surface area contributed by atoms with Gasteiger partial charge in [0.05, 0.1) is 24.5 Å². The molecule has 0 saturated carbocycles. The van der Waals surface area contributed by atoms with Gasteiger partial charge in [-0.25, -0.2) is 4.79 Å². The average Bonchev–Trinajstić information content (AvgIpc) is 2.81. The highest BCUT2D eigenvalue weighted by atomic mass is 16.5. The minimum absolute atomic E-state index is 0.0997. The Labute approximate surface area is 210 Å². The van der Waals surface area contributed by atoms with Crippen LogP contribution in [-0.2, 0) is 19.1 Å². The van der Waals surface area contributed by atoms with Gasteiger partial charge in [0, 0.05) is 19.2 Å². The zero-order valence-corrected chi connectivity index (χ0v) is 22.2. The Morgan fingerprint density at radius 2 is 1.77 bits per heavy atom. The van der Waals surface area contributed by atoms with E-state index in [1.807, 2.05) is 13.0 Å². The number of hydrogen-bond acceptors (Lipinski definition) is 5. The number of likely N-dealkylation sites (N-methyl/N-ethyl adjacent to an activating group) is 1. The van der Waals surface area contributed by atoms with Crippen LogP contribution in [0.1, 0.15) is 83.5 Å². The zero-order valence-electron chi connectivity index (χ0n) is 22.2. The van der Waals surface area contributed by atoms with Gasteiger partial charge in [0.2, 0.25) is 5.91 Å². The predicted octanol–water partition coefficient (Wildman–Crippen LogP) is 6.05. The molecule has 0 aliphatic heterocycles. The molecule has 194 valence electrons. The van der Waals surface area contributed by atoms with Crippen LogP contribution < -0.4 is 10.2 Å². The number of allylic oxidation sites excluding steroid dienone is 3. The Balaban J connectivity index is 2.85. The largest absolute Gasteiger partial charge is 0.462 e. The number of nitrogens with zero attached hydrogens (tertiary/aromatic N) is 1. The van der Waals surface area contributed by atoms with Gasteiger partial charge in [-0.15, -0.1) is 0 Å². The van der Waals surface area contributed by atoms with Gasteiger partial charge in [-0.3, -0.25) is 9.59 Å². The summed E-state index contributed by atoms with van der Waals surface area (Å²) in [6.45, 7) is 10.4. The lowest BCUT2D eigenvalue weighted by molar-refractivity contribution is -0.122. The molecule has 0 saturated heterocycles. The number of ether oxygens (including phenoxy) is 2. The molecule has 0 spiro atoms. The summed E-state index contributed by atoms with van der Waals surface area (Å²) < 4.78 is 10.7. The second-order valence-corrected chi connectivity index (χ2v) is 8.80. The summed E-state index contributed by atoms with van der Waals surface area (Å²) in [6, 6.07) is 4.83. The van der Waals surface area contributed by atoms with Crippen molar-refractivity contribution in [1.29, 1.82) is 0 Å². The van der Waals surface area contributed by atoms with E-state index in [4.69, 9.17) is 9.47 Å². The van der Waals surface area contributed by atoms with Crippen molar-refractivity contribution < 1.29 is 23.9 Å². The molecule has 0 aromatic heterocycles. The molecule has 2 amide bonds. The highest BCUT2D eigenvalue weighted by molar-refractivity contribution is 6.04. The third-order valence-corrected chi connectivity index (χ3v) is 5.39. The van der Waals surface area contributed by atoms with Crippen LogP contribution >= 0.6 is 0 Å². The number of amides is 2. The molecule has 1 aromatic rings. The van der Waals surface area contributed by atoms with Crippen molar-refractivity contribution in [2.75, 3.05) is 37.1 Å². The molecule has 35 heavy (non-hydrogen) atoms. The van der Waals surface area contributed by atoms with E-state index < -0.39 is 5.97 Å². The van der Waals surface area contributed by atoms with E-state index in [2.05, 4.69) is 32.2 Å². The smallest absolute Gasteiger partial charge is 0.340 e. The first kappa shape index (κ1) is 30.1. The molecule has 0 atom stereocenters. The Hall–Kier alpha value is -2.93. The monoisotopic (exact) mass is 486 g/mol. The first-order chi connectivity index (χ1) is 16.7. The standard InChI is InChI=1S/C28H42N2O5/c1-7-9-10-14-26(31)29-23-15-16-24(28(33)35-8-2)25(19-23)30(6)27(32)20-34-18-17-22(5)13-11-12-21(3)4/h12,15-17,19H,7-11,13-14,18,20H2,1-6H3,(H,29,31). The molecule has 0 heterocycles. The van der Waals surface area contributed by atoms with Gasteiger partial charge in [-0.05, 0) is 65.2 Å². The molecule has 0 aliphatic rings. The van der Waals surface area contributed by atoms with Crippen molar-refractivity contribution in [2.24, 2.45) is 0 Å². The molecule has 1 rings (SSSR count). The van der Waals surface area contributed by atoms with Crippen LogP contribution in [0.5, 0.6) is 0 Å². The predicted molar refractivity (Wildman–Crippen MR) is 142 cm³/mol. The fraction of sp³-hybridized carbons (Fsp3) is 0.536. The Kier molecular flexibility index (Phi) is 14.3. The number of esters is 1.